The first-order chi connectivity index (χ1) is 21.4. The van der Waals surface area contributed by atoms with Crippen molar-refractivity contribution in [2.75, 3.05) is 36.4 Å². The number of hydrogen-bond acceptors (Lipinski definition) is 6. The Bertz CT molecular complexity index is 1740. The molecule has 11 heteroatoms. The van der Waals surface area contributed by atoms with E-state index >= 15 is 0 Å². The number of amides is 2. The normalized spacial score (nSPS) is 15.3. The molecular weight excluding hydrogens is 586 g/mol. The molecule has 2 N–H and O–H groups in total. The zero-order valence-corrected chi connectivity index (χ0v) is 27.6. The molecule has 236 valence electrons. The van der Waals surface area contributed by atoms with E-state index in [2.05, 4.69) is 40.6 Å². The molecule has 0 aliphatic heterocycles. The van der Waals surface area contributed by atoms with Crippen molar-refractivity contribution in [3.8, 4) is 17.2 Å². The fourth-order valence-corrected chi connectivity index (χ4v) is 6.47. The number of benzene rings is 2. The number of hydrogen-bond donors (Lipinski definition) is 2. The minimum atomic E-state index is -0.857. The van der Waals surface area contributed by atoms with Crippen molar-refractivity contribution in [1.29, 1.82) is 5.26 Å². The Hall–Kier alpha value is -4.40. The highest BCUT2D eigenvalue weighted by molar-refractivity contribution is 8.32. The molecule has 0 bridgehead atoms. The van der Waals surface area contributed by atoms with Crippen molar-refractivity contribution in [2.24, 2.45) is 7.05 Å². The number of rotatable bonds is 11. The Morgan fingerprint density at radius 1 is 1.13 bits per heavy atom. The van der Waals surface area contributed by atoms with Crippen molar-refractivity contribution in [1.82, 2.24) is 24.9 Å². The summed E-state index contributed by atoms with van der Waals surface area (Å²) in [5.74, 6) is 0.0526. The van der Waals surface area contributed by atoms with Gasteiger partial charge in [-0.1, -0.05) is 18.2 Å². The molecule has 1 aliphatic rings. The van der Waals surface area contributed by atoms with Crippen LogP contribution in [0.5, 0.6) is 0 Å². The zero-order chi connectivity index (χ0) is 32.3. The van der Waals surface area contributed by atoms with E-state index in [1.54, 1.807) is 25.4 Å². The molecule has 2 aromatic carbocycles. The summed E-state index contributed by atoms with van der Waals surface area (Å²) < 4.78 is 9.29. The molecule has 5 rings (SSSR count). The molecular formula is C34H41N7O3S. The van der Waals surface area contributed by atoms with Crippen molar-refractivity contribution in [2.45, 2.75) is 45.4 Å². The first-order valence-electron chi connectivity index (χ1n) is 15.0. The van der Waals surface area contributed by atoms with E-state index in [4.69, 9.17) is 9.84 Å². The quantitative estimate of drug-likeness (QED) is 0.228. The summed E-state index contributed by atoms with van der Waals surface area (Å²) in [4.78, 5) is 27.1. The molecule has 0 fully saturated rings. The highest BCUT2D eigenvalue weighted by atomic mass is 32.3. The lowest BCUT2D eigenvalue weighted by Gasteiger charge is -2.25. The third kappa shape index (κ3) is 7.30. The average Bonchev–Trinajstić information content (AvgIpc) is 3.70. The maximum Gasteiger partial charge on any atom is 0.270 e. The van der Waals surface area contributed by atoms with Gasteiger partial charge in [0.1, 0.15) is 18.5 Å². The van der Waals surface area contributed by atoms with Gasteiger partial charge in [0.2, 0.25) is 5.91 Å². The van der Waals surface area contributed by atoms with Gasteiger partial charge in [0.15, 0.2) is 0 Å². The van der Waals surface area contributed by atoms with Crippen LogP contribution in [0.1, 0.15) is 50.9 Å². The molecule has 0 saturated carbocycles. The van der Waals surface area contributed by atoms with Crippen LogP contribution in [0.15, 0.2) is 54.7 Å². The summed E-state index contributed by atoms with van der Waals surface area (Å²) in [6.07, 6.45) is 9.83. The third-order valence-corrected chi connectivity index (χ3v) is 9.69. The fraction of sp³-hybridized carbons (Fsp3) is 0.382. The van der Waals surface area contributed by atoms with Crippen LogP contribution in [-0.2, 0) is 29.7 Å². The predicted molar refractivity (Wildman–Crippen MR) is 179 cm³/mol. The number of carbonyl (C=O) groups is 2. The Labute approximate surface area is 266 Å². The van der Waals surface area contributed by atoms with Gasteiger partial charge in [-0.05, 0) is 92.5 Å². The molecule has 0 radical (unpaired) electrons. The number of nitrogens with one attached hydrogen (secondary N) is 2. The number of anilines is 1. The number of fused-ring (bicyclic) bond motifs is 1. The lowest BCUT2D eigenvalue weighted by Crippen LogP contribution is -2.47. The summed E-state index contributed by atoms with van der Waals surface area (Å²) in [6, 6.07) is 16.2. The molecule has 10 nitrogen and oxygen atoms in total. The second-order valence-electron chi connectivity index (χ2n) is 12.4. The van der Waals surface area contributed by atoms with Crippen LogP contribution in [0.25, 0.3) is 11.1 Å². The summed E-state index contributed by atoms with van der Waals surface area (Å²) in [5, 5.41) is 24.3. The average molecular weight is 628 g/mol. The van der Waals surface area contributed by atoms with Crippen LogP contribution in [-0.4, -0.2) is 68.5 Å². The molecule has 2 heterocycles. The molecule has 0 spiro atoms. The summed E-state index contributed by atoms with van der Waals surface area (Å²) in [6.45, 7) is 5.13. The Morgan fingerprint density at radius 3 is 2.56 bits per heavy atom. The van der Waals surface area contributed by atoms with Crippen LogP contribution in [0.4, 0.5) is 5.69 Å². The lowest BCUT2D eigenvalue weighted by atomic mass is 9.91. The monoisotopic (exact) mass is 627 g/mol. The lowest BCUT2D eigenvalue weighted by molar-refractivity contribution is -0.118. The molecule has 1 aliphatic carbocycles. The van der Waals surface area contributed by atoms with Crippen LogP contribution in [0.3, 0.4) is 0 Å². The van der Waals surface area contributed by atoms with E-state index in [1.807, 2.05) is 54.9 Å². The van der Waals surface area contributed by atoms with Gasteiger partial charge in [-0.2, -0.15) is 15.5 Å². The van der Waals surface area contributed by atoms with Gasteiger partial charge < -0.3 is 15.4 Å². The minimum absolute atomic E-state index is 0.284. The van der Waals surface area contributed by atoms with Gasteiger partial charge in [0.25, 0.3) is 5.91 Å². The summed E-state index contributed by atoms with van der Waals surface area (Å²) >= 11 is 0. The Morgan fingerprint density at radius 2 is 1.89 bits per heavy atom. The van der Waals surface area contributed by atoms with Gasteiger partial charge >= 0.3 is 0 Å². The van der Waals surface area contributed by atoms with E-state index in [1.165, 1.54) is 4.68 Å². The van der Waals surface area contributed by atoms with Crippen LogP contribution < -0.4 is 10.6 Å². The number of aryl methyl sites for hydroxylation is 3. The van der Waals surface area contributed by atoms with Gasteiger partial charge in [0, 0.05) is 41.9 Å². The molecule has 2 amide bonds. The van der Waals surface area contributed by atoms with Gasteiger partial charge in [0.05, 0.1) is 23.9 Å². The van der Waals surface area contributed by atoms with E-state index in [0.29, 0.717) is 36.7 Å². The molecule has 4 aromatic rings. The standard InChI is InChI=1S/C34H41N7O3S/c1-22-31(23(2)41(39-22)21-44-17-18-45(4,5)6)26-9-12-27(13-10-26)37-34(43)32(38-33(42)30-15-16-36-40(30)3)28-14-11-25-8-7-24(20-35)19-29(25)28/h7-10,12-13,15-16,19,28,32H,11,14,17-18,21H2,1-6H3,(H,37,43)(H,38,42)/t28-,32-/m0/s1. The maximum atomic E-state index is 13.9. The van der Waals surface area contributed by atoms with Crippen LogP contribution in [0, 0.1) is 25.2 Å². The first kappa shape index (κ1) is 32.0. The smallest absolute Gasteiger partial charge is 0.270 e. The molecule has 0 saturated heterocycles. The van der Waals surface area contributed by atoms with Crippen molar-refractivity contribution >= 4 is 27.5 Å². The molecule has 45 heavy (non-hydrogen) atoms. The highest BCUT2D eigenvalue weighted by Gasteiger charge is 2.36. The number of aromatic nitrogens is 4. The van der Waals surface area contributed by atoms with E-state index in [0.717, 1.165) is 45.8 Å². The number of ether oxygens (including phenoxy) is 1. The van der Waals surface area contributed by atoms with E-state index in [-0.39, 0.29) is 17.7 Å². The number of nitrogens with zero attached hydrogens (tertiary/aromatic N) is 5. The molecule has 0 unspecified atom stereocenters. The van der Waals surface area contributed by atoms with Gasteiger partial charge in [-0.25, -0.2) is 14.7 Å². The Kier molecular flexibility index (Phi) is 9.46. The second-order valence-corrected chi connectivity index (χ2v) is 17.0. The van der Waals surface area contributed by atoms with Crippen molar-refractivity contribution in [3.63, 3.8) is 0 Å². The fourth-order valence-electron chi connectivity index (χ4n) is 5.85. The number of nitriles is 1. The predicted octanol–water partition coefficient (Wildman–Crippen LogP) is 4.91. The second kappa shape index (κ2) is 13.3. The van der Waals surface area contributed by atoms with Crippen molar-refractivity contribution < 1.29 is 14.3 Å². The third-order valence-electron chi connectivity index (χ3n) is 8.30. The maximum absolute atomic E-state index is 13.9. The topological polar surface area (TPSA) is 127 Å². The number of carbonyl (C=O) groups excluding carboxylic acids is 2. The first-order valence-corrected chi connectivity index (χ1v) is 18.0. The largest absolute Gasteiger partial charge is 0.358 e. The van der Waals surface area contributed by atoms with Crippen LogP contribution >= 0.6 is 10.0 Å². The summed E-state index contributed by atoms with van der Waals surface area (Å²) in [5.41, 5.74) is 7.45. The minimum Gasteiger partial charge on any atom is -0.358 e. The Balaban J connectivity index is 1.34. The summed E-state index contributed by atoms with van der Waals surface area (Å²) in [7, 11) is 1.07. The molecule has 2 aromatic heterocycles. The van der Waals surface area contributed by atoms with Crippen LogP contribution in [0.2, 0.25) is 0 Å². The van der Waals surface area contributed by atoms with E-state index < -0.39 is 16.1 Å². The van der Waals surface area contributed by atoms with Gasteiger partial charge in [-0.15, -0.1) is 0 Å². The SMILES string of the molecule is Cc1nn(COCCS(C)(C)C)c(C)c1-c1ccc(NC(=O)[C@@H](NC(=O)c2ccnn2C)[C@H]2CCc3ccc(C#N)cc32)cc1. The highest BCUT2D eigenvalue weighted by Crippen LogP contribution is 2.37. The molecule has 2 atom stereocenters. The van der Waals surface area contributed by atoms with Crippen molar-refractivity contribution in [3.05, 3.63) is 88.5 Å². The zero-order valence-electron chi connectivity index (χ0n) is 26.8. The van der Waals surface area contributed by atoms with E-state index in [9.17, 15) is 14.9 Å². The van der Waals surface area contributed by atoms with Gasteiger partial charge in [-0.3, -0.25) is 14.3 Å².